The summed E-state index contributed by atoms with van der Waals surface area (Å²) < 4.78 is 5.20. The van der Waals surface area contributed by atoms with Crippen LogP contribution in [-0.2, 0) is 9.59 Å². The van der Waals surface area contributed by atoms with Gasteiger partial charge >= 0.3 is 5.97 Å². The molecular weight excluding hydrogens is 332 g/mol. The lowest BCUT2D eigenvalue weighted by Crippen LogP contribution is -2.31. The molecule has 0 saturated heterocycles. The molecule has 0 atom stereocenters. The third kappa shape index (κ3) is 5.73. The van der Waals surface area contributed by atoms with Crippen LogP contribution in [0.25, 0.3) is 0 Å². The van der Waals surface area contributed by atoms with Gasteiger partial charge in [-0.3, -0.25) is 9.59 Å². The van der Waals surface area contributed by atoms with E-state index in [9.17, 15) is 14.4 Å². The Kier molecular flexibility index (Phi) is 6.49. The van der Waals surface area contributed by atoms with Crippen molar-refractivity contribution < 1.29 is 19.1 Å². The molecule has 0 unspecified atom stereocenters. The van der Waals surface area contributed by atoms with Gasteiger partial charge in [0.2, 0.25) is 5.91 Å². The Hall–Kier alpha value is -3.15. The number of ether oxygens (including phenoxy) is 1. The van der Waals surface area contributed by atoms with Crippen molar-refractivity contribution in [2.45, 2.75) is 26.7 Å². The van der Waals surface area contributed by atoms with Crippen molar-refractivity contribution in [2.24, 2.45) is 0 Å². The number of benzene rings is 2. The zero-order chi connectivity index (χ0) is 19.1. The van der Waals surface area contributed by atoms with Crippen molar-refractivity contribution in [3.05, 3.63) is 59.7 Å². The lowest BCUT2D eigenvalue weighted by molar-refractivity contribution is -0.133. The minimum Gasteiger partial charge on any atom is -0.425 e. The number of hydrogen-bond donors (Lipinski definition) is 2. The van der Waals surface area contributed by atoms with Crippen LogP contribution in [0, 0.1) is 0 Å². The van der Waals surface area contributed by atoms with Gasteiger partial charge < -0.3 is 15.4 Å². The lowest BCUT2D eigenvalue weighted by atomic mass is 10.0. The van der Waals surface area contributed by atoms with E-state index >= 15 is 0 Å². The van der Waals surface area contributed by atoms with Crippen molar-refractivity contribution in [3.8, 4) is 5.75 Å². The highest BCUT2D eigenvalue weighted by atomic mass is 16.5. The Morgan fingerprint density at radius 2 is 1.73 bits per heavy atom. The van der Waals surface area contributed by atoms with Crippen LogP contribution in [0.5, 0.6) is 5.75 Å². The molecule has 0 fully saturated rings. The van der Waals surface area contributed by atoms with Gasteiger partial charge in [-0.15, -0.1) is 0 Å². The maximum atomic E-state index is 12.1. The molecule has 2 aromatic rings. The number of nitrogens with one attached hydrogen (secondary N) is 2. The molecule has 0 spiro atoms. The minimum absolute atomic E-state index is 0.227. The Morgan fingerprint density at radius 3 is 2.35 bits per heavy atom. The first-order valence-electron chi connectivity index (χ1n) is 8.31. The predicted molar refractivity (Wildman–Crippen MR) is 99.2 cm³/mol. The first-order chi connectivity index (χ1) is 12.3. The standard InChI is InChI=1S/C20H22N2O4/c1-13(2)15-7-9-18(10-8-15)26-19(24)12-21-20(25)16-5-4-6-17(11-16)22-14(3)23/h4-11,13H,12H2,1-3H3,(H,21,25)(H,22,23). The van der Waals surface area contributed by atoms with Crippen LogP contribution in [-0.4, -0.2) is 24.3 Å². The maximum absolute atomic E-state index is 12.1. The molecule has 2 amide bonds. The quantitative estimate of drug-likeness (QED) is 0.617. The minimum atomic E-state index is -0.561. The van der Waals surface area contributed by atoms with E-state index in [-0.39, 0.29) is 12.5 Å². The van der Waals surface area contributed by atoms with Gasteiger partial charge in [-0.1, -0.05) is 32.0 Å². The van der Waals surface area contributed by atoms with E-state index in [1.165, 1.54) is 13.0 Å². The summed E-state index contributed by atoms with van der Waals surface area (Å²) in [6.07, 6.45) is 0. The molecule has 0 aliphatic carbocycles. The zero-order valence-corrected chi connectivity index (χ0v) is 15.0. The van der Waals surface area contributed by atoms with E-state index in [4.69, 9.17) is 4.74 Å². The van der Waals surface area contributed by atoms with Gasteiger partial charge in [-0.05, 0) is 41.8 Å². The van der Waals surface area contributed by atoms with Crippen LogP contribution in [0.3, 0.4) is 0 Å². The van der Waals surface area contributed by atoms with Crippen molar-refractivity contribution in [1.29, 1.82) is 0 Å². The fraction of sp³-hybridized carbons (Fsp3) is 0.250. The Morgan fingerprint density at radius 1 is 1.04 bits per heavy atom. The highest BCUT2D eigenvalue weighted by molar-refractivity contribution is 5.98. The van der Waals surface area contributed by atoms with Crippen molar-refractivity contribution >= 4 is 23.5 Å². The molecule has 136 valence electrons. The fourth-order valence-electron chi connectivity index (χ4n) is 2.28. The molecule has 0 aliphatic rings. The van der Waals surface area contributed by atoms with Gasteiger partial charge in [-0.2, -0.15) is 0 Å². The summed E-state index contributed by atoms with van der Waals surface area (Å²) >= 11 is 0. The Balaban J connectivity index is 1.88. The summed E-state index contributed by atoms with van der Waals surface area (Å²) in [5.74, 6) is -0.388. The van der Waals surface area contributed by atoms with Crippen LogP contribution < -0.4 is 15.4 Å². The summed E-state index contributed by atoms with van der Waals surface area (Å²) in [5.41, 5.74) is 2.00. The average Bonchev–Trinajstić information content (AvgIpc) is 2.59. The number of rotatable bonds is 6. The first-order valence-corrected chi connectivity index (χ1v) is 8.31. The topological polar surface area (TPSA) is 84.5 Å². The summed E-state index contributed by atoms with van der Waals surface area (Å²) in [6, 6.07) is 13.7. The van der Waals surface area contributed by atoms with Crippen LogP contribution in [0.1, 0.15) is 42.6 Å². The van der Waals surface area contributed by atoms with E-state index in [1.807, 2.05) is 12.1 Å². The van der Waals surface area contributed by atoms with Crippen molar-refractivity contribution in [1.82, 2.24) is 5.32 Å². The number of carbonyl (C=O) groups excluding carboxylic acids is 3. The maximum Gasteiger partial charge on any atom is 0.330 e. The van der Waals surface area contributed by atoms with Crippen LogP contribution in [0.2, 0.25) is 0 Å². The van der Waals surface area contributed by atoms with Gasteiger partial charge in [0.25, 0.3) is 5.91 Å². The second kappa shape index (κ2) is 8.80. The average molecular weight is 354 g/mol. The number of anilines is 1. The molecule has 6 nitrogen and oxygen atoms in total. The SMILES string of the molecule is CC(=O)Nc1cccc(C(=O)NCC(=O)Oc2ccc(C(C)C)cc2)c1. The van der Waals surface area contributed by atoms with Crippen LogP contribution in [0.15, 0.2) is 48.5 Å². The third-order valence-corrected chi connectivity index (χ3v) is 3.62. The highest BCUT2D eigenvalue weighted by Crippen LogP contribution is 2.18. The summed E-state index contributed by atoms with van der Waals surface area (Å²) in [7, 11) is 0. The van der Waals surface area contributed by atoms with Gasteiger partial charge in [0.15, 0.2) is 0 Å². The summed E-state index contributed by atoms with van der Waals surface area (Å²) in [5, 5.41) is 5.10. The summed E-state index contributed by atoms with van der Waals surface area (Å²) in [6.45, 7) is 5.29. The van der Waals surface area contributed by atoms with Gasteiger partial charge in [0.1, 0.15) is 12.3 Å². The zero-order valence-electron chi connectivity index (χ0n) is 15.0. The molecule has 0 radical (unpaired) electrons. The Labute approximate surface area is 152 Å². The molecule has 26 heavy (non-hydrogen) atoms. The third-order valence-electron chi connectivity index (χ3n) is 3.62. The molecule has 0 aliphatic heterocycles. The largest absolute Gasteiger partial charge is 0.425 e. The van der Waals surface area contributed by atoms with Gasteiger partial charge in [0.05, 0.1) is 0 Å². The number of carbonyl (C=O) groups is 3. The van der Waals surface area contributed by atoms with Crippen molar-refractivity contribution in [2.75, 3.05) is 11.9 Å². The normalized spacial score (nSPS) is 10.3. The molecule has 2 rings (SSSR count). The van der Waals surface area contributed by atoms with E-state index in [1.54, 1.807) is 30.3 Å². The van der Waals surface area contributed by atoms with Crippen LogP contribution in [0.4, 0.5) is 5.69 Å². The molecule has 2 N–H and O–H groups in total. The smallest absolute Gasteiger partial charge is 0.330 e. The number of esters is 1. The summed E-state index contributed by atoms with van der Waals surface area (Å²) in [4.78, 5) is 35.1. The molecule has 6 heteroatoms. The molecule has 0 heterocycles. The second-order valence-corrected chi connectivity index (χ2v) is 6.14. The predicted octanol–water partition coefficient (Wildman–Crippen LogP) is 3.10. The molecule has 0 bridgehead atoms. The molecule has 0 saturated carbocycles. The second-order valence-electron chi connectivity index (χ2n) is 6.14. The van der Waals surface area contributed by atoms with E-state index in [0.29, 0.717) is 22.9 Å². The number of amides is 2. The molecule has 0 aromatic heterocycles. The van der Waals surface area contributed by atoms with E-state index < -0.39 is 11.9 Å². The molecule has 2 aromatic carbocycles. The van der Waals surface area contributed by atoms with E-state index in [2.05, 4.69) is 24.5 Å². The van der Waals surface area contributed by atoms with E-state index in [0.717, 1.165) is 5.56 Å². The Bertz CT molecular complexity index is 798. The van der Waals surface area contributed by atoms with Gasteiger partial charge in [0, 0.05) is 18.2 Å². The van der Waals surface area contributed by atoms with Gasteiger partial charge in [-0.25, -0.2) is 4.79 Å². The molecular formula is C20H22N2O4. The fourth-order valence-corrected chi connectivity index (χ4v) is 2.28. The first kappa shape index (κ1) is 19.2. The highest BCUT2D eigenvalue weighted by Gasteiger charge is 2.11. The lowest BCUT2D eigenvalue weighted by Gasteiger charge is -2.09. The van der Waals surface area contributed by atoms with Crippen LogP contribution >= 0.6 is 0 Å². The number of hydrogen-bond acceptors (Lipinski definition) is 4. The van der Waals surface area contributed by atoms with Crippen molar-refractivity contribution in [3.63, 3.8) is 0 Å². The monoisotopic (exact) mass is 354 g/mol.